The largest absolute Gasteiger partial charge is 0.490 e. The second kappa shape index (κ2) is 9.98. The average molecular weight is 369 g/mol. The summed E-state index contributed by atoms with van der Waals surface area (Å²) in [7, 11) is 0. The van der Waals surface area contributed by atoms with Crippen LogP contribution in [0.15, 0.2) is 29.3 Å². The zero-order chi connectivity index (χ0) is 18.1. The molecule has 1 aromatic carbocycles. The number of piperidine rings is 1. The molecule has 0 bridgehead atoms. The lowest BCUT2D eigenvalue weighted by Crippen LogP contribution is -2.48. The number of likely N-dealkylation sites (tertiary alicyclic amines) is 1. The molecule has 0 atom stereocenters. The van der Waals surface area contributed by atoms with E-state index in [4.69, 9.17) is 26.8 Å². The molecule has 25 heavy (non-hydrogen) atoms. The zero-order valence-electron chi connectivity index (χ0n) is 14.4. The van der Waals surface area contributed by atoms with Crippen LogP contribution in [0.3, 0.4) is 0 Å². The molecule has 1 amide bonds. The van der Waals surface area contributed by atoms with Gasteiger partial charge in [-0.3, -0.25) is 0 Å². The Morgan fingerprint density at radius 1 is 1.40 bits per heavy atom. The summed E-state index contributed by atoms with van der Waals surface area (Å²) in [6, 6.07) is 7.51. The third-order valence-electron chi connectivity index (χ3n) is 3.84. The van der Waals surface area contributed by atoms with E-state index in [9.17, 15) is 4.79 Å². The summed E-state index contributed by atoms with van der Waals surface area (Å²) >= 11 is 6.01. The van der Waals surface area contributed by atoms with Gasteiger partial charge < -0.3 is 25.4 Å². The predicted octanol–water partition coefficient (Wildman–Crippen LogP) is 2.24. The summed E-state index contributed by atoms with van der Waals surface area (Å²) in [6.07, 6.45) is 1.37. The zero-order valence-corrected chi connectivity index (χ0v) is 15.2. The predicted molar refractivity (Wildman–Crippen MR) is 98.2 cm³/mol. The van der Waals surface area contributed by atoms with E-state index in [2.05, 4.69) is 10.3 Å². The van der Waals surface area contributed by atoms with Gasteiger partial charge in [0.15, 0.2) is 5.96 Å². The van der Waals surface area contributed by atoms with Crippen molar-refractivity contribution in [3.05, 3.63) is 29.3 Å². The molecule has 0 aliphatic carbocycles. The van der Waals surface area contributed by atoms with Crippen LogP contribution in [0.5, 0.6) is 5.75 Å². The number of halogens is 1. The van der Waals surface area contributed by atoms with Crippen molar-refractivity contribution in [3.63, 3.8) is 0 Å². The van der Waals surface area contributed by atoms with Crippen molar-refractivity contribution >= 4 is 23.7 Å². The molecule has 1 saturated heterocycles. The quantitative estimate of drug-likeness (QED) is 0.456. The Hall–Kier alpha value is -2.15. The molecule has 1 aliphatic heterocycles. The molecule has 0 saturated carbocycles. The first-order valence-electron chi connectivity index (χ1n) is 8.45. The van der Waals surface area contributed by atoms with Crippen molar-refractivity contribution in [1.82, 2.24) is 10.2 Å². The van der Waals surface area contributed by atoms with Crippen LogP contribution in [-0.2, 0) is 4.74 Å². The Bertz CT molecular complexity index is 589. The van der Waals surface area contributed by atoms with Gasteiger partial charge in [-0.05, 0) is 31.9 Å². The number of guanidine groups is 1. The minimum atomic E-state index is -0.251. The van der Waals surface area contributed by atoms with E-state index in [0.717, 1.165) is 12.8 Å². The van der Waals surface area contributed by atoms with Gasteiger partial charge in [-0.2, -0.15) is 0 Å². The van der Waals surface area contributed by atoms with Crippen LogP contribution in [0.4, 0.5) is 4.79 Å². The van der Waals surface area contributed by atoms with Gasteiger partial charge in [0, 0.05) is 19.1 Å². The molecule has 3 N–H and O–H groups in total. The van der Waals surface area contributed by atoms with E-state index in [0.29, 0.717) is 49.6 Å². The normalized spacial score (nSPS) is 15.8. The molecule has 0 aromatic heterocycles. The fourth-order valence-electron chi connectivity index (χ4n) is 2.56. The molecular weight excluding hydrogens is 344 g/mol. The highest BCUT2D eigenvalue weighted by atomic mass is 35.5. The maximum Gasteiger partial charge on any atom is 0.409 e. The lowest BCUT2D eigenvalue weighted by molar-refractivity contribution is 0.0963. The van der Waals surface area contributed by atoms with Crippen LogP contribution in [0.2, 0.25) is 5.02 Å². The third-order valence-corrected chi connectivity index (χ3v) is 4.15. The van der Waals surface area contributed by atoms with Crippen molar-refractivity contribution in [2.75, 3.05) is 32.8 Å². The number of amides is 1. The summed E-state index contributed by atoms with van der Waals surface area (Å²) in [5.74, 6) is 1.02. The van der Waals surface area contributed by atoms with E-state index in [1.54, 1.807) is 17.9 Å². The second-order valence-corrected chi connectivity index (χ2v) is 6.06. The highest BCUT2D eigenvalue weighted by Gasteiger charge is 2.23. The highest BCUT2D eigenvalue weighted by Crippen LogP contribution is 2.22. The van der Waals surface area contributed by atoms with Crippen LogP contribution in [0, 0.1) is 0 Å². The molecule has 1 fully saturated rings. The number of para-hydroxylation sites is 1. The van der Waals surface area contributed by atoms with Crippen LogP contribution in [-0.4, -0.2) is 55.8 Å². The SMILES string of the molecule is CCOC(=O)N1CCC(NC(N)=NCCOc2ccccc2Cl)CC1. The van der Waals surface area contributed by atoms with Gasteiger partial charge in [0.25, 0.3) is 0 Å². The molecule has 0 unspecified atom stereocenters. The standard InChI is InChI=1S/C17H25ClN4O3/c1-2-24-17(23)22-10-7-13(8-11-22)21-16(19)20-9-12-25-15-6-4-3-5-14(15)18/h3-6,13H,2,7-12H2,1H3,(H3,19,20,21). The fourth-order valence-corrected chi connectivity index (χ4v) is 2.75. The maximum atomic E-state index is 11.7. The first kappa shape index (κ1) is 19.2. The van der Waals surface area contributed by atoms with E-state index in [1.165, 1.54) is 0 Å². The first-order chi connectivity index (χ1) is 12.1. The van der Waals surface area contributed by atoms with Crippen molar-refractivity contribution < 1.29 is 14.3 Å². The minimum Gasteiger partial charge on any atom is -0.490 e. The Morgan fingerprint density at radius 2 is 2.12 bits per heavy atom. The lowest BCUT2D eigenvalue weighted by atomic mass is 10.1. The van der Waals surface area contributed by atoms with Crippen LogP contribution in [0.1, 0.15) is 19.8 Å². The van der Waals surface area contributed by atoms with Crippen molar-refractivity contribution in [1.29, 1.82) is 0 Å². The number of hydrogen-bond donors (Lipinski definition) is 2. The Morgan fingerprint density at radius 3 is 2.80 bits per heavy atom. The topological polar surface area (TPSA) is 89.2 Å². The summed E-state index contributed by atoms with van der Waals surface area (Å²) in [6.45, 7) is 4.34. The van der Waals surface area contributed by atoms with E-state index < -0.39 is 0 Å². The van der Waals surface area contributed by atoms with Crippen molar-refractivity contribution in [2.45, 2.75) is 25.8 Å². The molecule has 1 heterocycles. The van der Waals surface area contributed by atoms with E-state index >= 15 is 0 Å². The van der Waals surface area contributed by atoms with Gasteiger partial charge in [0.1, 0.15) is 12.4 Å². The highest BCUT2D eigenvalue weighted by molar-refractivity contribution is 6.32. The molecule has 2 rings (SSSR count). The molecule has 1 aliphatic rings. The molecule has 8 heteroatoms. The van der Waals surface area contributed by atoms with Gasteiger partial charge in [0.05, 0.1) is 18.2 Å². The maximum absolute atomic E-state index is 11.7. The smallest absolute Gasteiger partial charge is 0.409 e. The Kier molecular flexibility index (Phi) is 7.66. The second-order valence-electron chi connectivity index (χ2n) is 5.65. The van der Waals surface area contributed by atoms with Gasteiger partial charge >= 0.3 is 6.09 Å². The van der Waals surface area contributed by atoms with E-state index in [1.807, 2.05) is 18.2 Å². The van der Waals surface area contributed by atoms with Gasteiger partial charge in [-0.25, -0.2) is 9.79 Å². The van der Waals surface area contributed by atoms with Gasteiger partial charge in [0.2, 0.25) is 0 Å². The summed E-state index contributed by atoms with van der Waals surface area (Å²) in [4.78, 5) is 17.6. The number of carbonyl (C=O) groups is 1. The lowest BCUT2D eigenvalue weighted by Gasteiger charge is -2.31. The Balaban J connectivity index is 1.66. The number of aliphatic imine (C=N–C) groups is 1. The number of carbonyl (C=O) groups excluding carboxylic acids is 1. The number of nitrogens with two attached hydrogens (primary N) is 1. The summed E-state index contributed by atoms with van der Waals surface area (Å²) in [5, 5.41) is 3.76. The number of rotatable bonds is 6. The molecule has 7 nitrogen and oxygen atoms in total. The molecular formula is C17H25ClN4O3. The van der Waals surface area contributed by atoms with E-state index in [-0.39, 0.29) is 12.1 Å². The molecule has 1 aromatic rings. The number of nitrogens with zero attached hydrogens (tertiary/aromatic N) is 2. The Labute approximate surface area is 153 Å². The summed E-state index contributed by atoms with van der Waals surface area (Å²) < 4.78 is 10.6. The third kappa shape index (κ3) is 6.34. The first-order valence-corrected chi connectivity index (χ1v) is 8.83. The van der Waals surface area contributed by atoms with Gasteiger partial charge in [-0.1, -0.05) is 23.7 Å². The monoisotopic (exact) mass is 368 g/mol. The van der Waals surface area contributed by atoms with Crippen LogP contribution < -0.4 is 15.8 Å². The average Bonchev–Trinajstić information content (AvgIpc) is 2.61. The minimum absolute atomic E-state index is 0.207. The molecule has 0 radical (unpaired) electrons. The van der Waals surface area contributed by atoms with Gasteiger partial charge in [-0.15, -0.1) is 0 Å². The van der Waals surface area contributed by atoms with Crippen LogP contribution >= 0.6 is 11.6 Å². The summed E-state index contributed by atoms with van der Waals surface area (Å²) in [5.41, 5.74) is 5.91. The van der Waals surface area contributed by atoms with Crippen molar-refractivity contribution in [2.24, 2.45) is 10.7 Å². The molecule has 0 spiro atoms. The number of nitrogens with one attached hydrogen (secondary N) is 1. The number of ether oxygens (including phenoxy) is 2. The van der Waals surface area contributed by atoms with Crippen LogP contribution in [0.25, 0.3) is 0 Å². The number of hydrogen-bond acceptors (Lipinski definition) is 4. The fraction of sp³-hybridized carbons (Fsp3) is 0.529. The van der Waals surface area contributed by atoms with Crippen molar-refractivity contribution in [3.8, 4) is 5.75 Å². The molecule has 138 valence electrons. The number of benzene rings is 1.